The Kier molecular flexibility index (Phi) is 5.58. The summed E-state index contributed by atoms with van der Waals surface area (Å²) in [6, 6.07) is 11.5. The molecule has 0 atom stereocenters. The number of nitrogens with zero attached hydrogens (tertiary/aromatic N) is 2. The van der Waals surface area contributed by atoms with Crippen molar-refractivity contribution in [2.45, 2.75) is 12.1 Å². The zero-order valence-corrected chi connectivity index (χ0v) is 15.2. The van der Waals surface area contributed by atoms with E-state index in [1.165, 1.54) is 36.0 Å². The average Bonchev–Trinajstić information content (AvgIpc) is 3.10. The highest BCUT2D eigenvalue weighted by atomic mass is 32.2. The van der Waals surface area contributed by atoms with Crippen LogP contribution < -0.4 is 10.1 Å². The molecule has 0 aliphatic rings. The van der Waals surface area contributed by atoms with Gasteiger partial charge in [0.1, 0.15) is 11.6 Å². The third kappa shape index (κ3) is 4.23. The largest absolute Gasteiger partial charge is 0.495 e. The van der Waals surface area contributed by atoms with Crippen LogP contribution in [0.4, 0.5) is 10.1 Å². The fourth-order valence-electron chi connectivity index (χ4n) is 2.43. The zero-order chi connectivity index (χ0) is 18.5. The number of carbonyl (C=O) groups is 1. The molecule has 134 valence electrons. The lowest BCUT2D eigenvalue weighted by Gasteiger charge is -2.12. The van der Waals surface area contributed by atoms with E-state index >= 15 is 0 Å². The summed E-state index contributed by atoms with van der Waals surface area (Å²) in [5.74, 6) is 0.382. The molecule has 0 aliphatic heterocycles. The summed E-state index contributed by atoms with van der Waals surface area (Å²) in [4.78, 5) is 16.5. The molecule has 1 aromatic heterocycles. The SMILES string of the molecule is COc1ccc(C)cc1-n1ccnc1SCC(=O)Nc1ccc(F)cc1. The van der Waals surface area contributed by atoms with Crippen molar-refractivity contribution in [1.29, 1.82) is 0 Å². The molecule has 0 bridgehead atoms. The van der Waals surface area contributed by atoms with Crippen molar-refractivity contribution in [2.75, 3.05) is 18.2 Å². The standard InChI is InChI=1S/C19H18FN3O2S/c1-13-3-8-17(25-2)16(11-13)23-10-9-21-19(23)26-12-18(24)22-15-6-4-14(20)5-7-15/h3-11H,12H2,1-2H3,(H,22,24). The van der Waals surface area contributed by atoms with Gasteiger partial charge in [0.15, 0.2) is 5.16 Å². The van der Waals surface area contributed by atoms with E-state index < -0.39 is 0 Å². The maximum Gasteiger partial charge on any atom is 0.234 e. The summed E-state index contributed by atoms with van der Waals surface area (Å²) >= 11 is 1.31. The molecule has 0 saturated heterocycles. The molecule has 1 heterocycles. The number of aromatic nitrogens is 2. The first kappa shape index (κ1) is 18.0. The zero-order valence-electron chi connectivity index (χ0n) is 14.4. The van der Waals surface area contributed by atoms with Gasteiger partial charge in [-0.1, -0.05) is 17.8 Å². The van der Waals surface area contributed by atoms with Gasteiger partial charge in [-0.15, -0.1) is 0 Å². The van der Waals surface area contributed by atoms with Gasteiger partial charge in [0.05, 0.1) is 18.6 Å². The first-order valence-electron chi connectivity index (χ1n) is 7.93. The Morgan fingerprint density at radius 1 is 1.27 bits per heavy atom. The molecule has 3 aromatic rings. The fourth-order valence-corrected chi connectivity index (χ4v) is 3.19. The van der Waals surface area contributed by atoms with Gasteiger partial charge in [-0.3, -0.25) is 9.36 Å². The van der Waals surface area contributed by atoms with Crippen molar-refractivity contribution in [3.05, 3.63) is 66.2 Å². The monoisotopic (exact) mass is 371 g/mol. The third-order valence-corrected chi connectivity index (χ3v) is 4.63. The molecular formula is C19H18FN3O2S. The second kappa shape index (κ2) is 8.05. The minimum Gasteiger partial charge on any atom is -0.495 e. The number of nitrogens with one attached hydrogen (secondary N) is 1. The number of thioether (sulfide) groups is 1. The van der Waals surface area contributed by atoms with E-state index in [4.69, 9.17) is 4.74 Å². The summed E-state index contributed by atoms with van der Waals surface area (Å²) in [5, 5.41) is 3.42. The van der Waals surface area contributed by atoms with Gasteiger partial charge in [-0.25, -0.2) is 9.37 Å². The Morgan fingerprint density at radius 2 is 2.04 bits per heavy atom. The van der Waals surface area contributed by atoms with E-state index in [1.54, 1.807) is 13.3 Å². The first-order valence-corrected chi connectivity index (χ1v) is 8.92. The highest BCUT2D eigenvalue weighted by Crippen LogP contribution is 2.28. The number of carbonyl (C=O) groups excluding carboxylic acids is 1. The lowest BCUT2D eigenvalue weighted by atomic mass is 10.2. The highest BCUT2D eigenvalue weighted by Gasteiger charge is 2.13. The second-order valence-corrected chi connectivity index (χ2v) is 6.54. The third-order valence-electron chi connectivity index (χ3n) is 3.66. The quantitative estimate of drug-likeness (QED) is 0.664. The summed E-state index contributed by atoms with van der Waals surface area (Å²) in [6.07, 6.45) is 3.51. The number of hydrogen-bond donors (Lipinski definition) is 1. The van der Waals surface area contributed by atoms with Crippen molar-refractivity contribution in [1.82, 2.24) is 9.55 Å². The van der Waals surface area contributed by atoms with Gasteiger partial charge in [-0.2, -0.15) is 0 Å². The van der Waals surface area contributed by atoms with Gasteiger partial charge in [0.25, 0.3) is 0 Å². The number of amides is 1. The Balaban J connectivity index is 1.70. The number of anilines is 1. The minimum atomic E-state index is -0.341. The lowest BCUT2D eigenvalue weighted by Crippen LogP contribution is -2.14. The van der Waals surface area contributed by atoms with E-state index in [2.05, 4.69) is 10.3 Å². The number of benzene rings is 2. The van der Waals surface area contributed by atoms with Crippen LogP contribution in [0.2, 0.25) is 0 Å². The molecule has 7 heteroatoms. The van der Waals surface area contributed by atoms with Crippen molar-refractivity contribution in [3.8, 4) is 11.4 Å². The molecule has 26 heavy (non-hydrogen) atoms. The summed E-state index contributed by atoms with van der Waals surface area (Å²) in [7, 11) is 1.62. The maximum absolute atomic E-state index is 12.9. The highest BCUT2D eigenvalue weighted by molar-refractivity contribution is 7.99. The molecule has 3 rings (SSSR count). The van der Waals surface area contributed by atoms with Crippen LogP contribution in [-0.2, 0) is 4.79 Å². The Morgan fingerprint density at radius 3 is 2.77 bits per heavy atom. The van der Waals surface area contributed by atoms with Gasteiger partial charge >= 0.3 is 0 Å². The molecule has 5 nitrogen and oxygen atoms in total. The Bertz CT molecular complexity index is 909. The number of rotatable bonds is 6. The average molecular weight is 371 g/mol. The predicted octanol–water partition coefficient (Wildman–Crippen LogP) is 4.06. The molecule has 0 unspecified atom stereocenters. The lowest BCUT2D eigenvalue weighted by molar-refractivity contribution is -0.113. The number of methoxy groups -OCH3 is 1. The van der Waals surface area contributed by atoms with Gasteiger partial charge in [0.2, 0.25) is 5.91 Å². The van der Waals surface area contributed by atoms with Gasteiger partial charge in [-0.05, 0) is 48.9 Å². The normalized spacial score (nSPS) is 10.6. The first-order chi connectivity index (χ1) is 12.6. The topological polar surface area (TPSA) is 56.2 Å². The van der Waals surface area contributed by atoms with Crippen LogP contribution in [-0.4, -0.2) is 28.3 Å². The number of hydrogen-bond acceptors (Lipinski definition) is 4. The Hall–Kier alpha value is -2.80. The number of ether oxygens (including phenoxy) is 1. The van der Waals surface area contributed by atoms with E-state index in [9.17, 15) is 9.18 Å². The van der Waals surface area contributed by atoms with Gasteiger partial charge in [0, 0.05) is 18.1 Å². The van der Waals surface area contributed by atoms with Crippen LogP contribution in [0, 0.1) is 12.7 Å². The van der Waals surface area contributed by atoms with E-state index in [1.807, 2.05) is 35.9 Å². The second-order valence-electron chi connectivity index (χ2n) is 5.60. The number of aryl methyl sites for hydroxylation is 1. The van der Waals surface area contributed by atoms with Crippen LogP contribution >= 0.6 is 11.8 Å². The van der Waals surface area contributed by atoms with Crippen LogP contribution in [0.25, 0.3) is 5.69 Å². The molecule has 1 amide bonds. The molecule has 0 saturated carbocycles. The van der Waals surface area contributed by atoms with Crippen molar-refractivity contribution >= 4 is 23.4 Å². The van der Waals surface area contributed by atoms with Crippen molar-refractivity contribution < 1.29 is 13.9 Å². The molecule has 2 aromatic carbocycles. The molecular weight excluding hydrogens is 353 g/mol. The minimum absolute atomic E-state index is 0.183. The summed E-state index contributed by atoms with van der Waals surface area (Å²) in [6.45, 7) is 2.00. The molecule has 1 N–H and O–H groups in total. The van der Waals surface area contributed by atoms with Crippen molar-refractivity contribution in [3.63, 3.8) is 0 Å². The van der Waals surface area contributed by atoms with Crippen molar-refractivity contribution in [2.24, 2.45) is 0 Å². The van der Waals surface area contributed by atoms with Crippen LogP contribution in [0.15, 0.2) is 60.0 Å². The smallest absolute Gasteiger partial charge is 0.234 e. The predicted molar refractivity (Wildman–Crippen MR) is 101 cm³/mol. The number of halogens is 1. The maximum atomic E-state index is 12.9. The fraction of sp³-hybridized carbons (Fsp3) is 0.158. The summed E-state index contributed by atoms with van der Waals surface area (Å²) in [5.41, 5.74) is 2.52. The summed E-state index contributed by atoms with van der Waals surface area (Å²) < 4.78 is 20.2. The van der Waals surface area contributed by atoms with E-state index in [0.29, 0.717) is 10.8 Å². The Labute approximate surface area is 155 Å². The number of imidazole rings is 1. The molecule has 0 radical (unpaired) electrons. The van der Waals surface area contributed by atoms with Crippen LogP contribution in [0.5, 0.6) is 5.75 Å². The molecule has 0 spiro atoms. The van der Waals surface area contributed by atoms with Gasteiger partial charge < -0.3 is 10.1 Å². The van der Waals surface area contributed by atoms with Crippen LogP contribution in [0.1, 0.15) is 5.56 Å². The molecule has 0 fully saturated rings. The molecule has 0 aliphatic carbocycles. The van der Waals surface area contributed by atoms with E-state index in [-0.39, 0.29) is 17.5 Å². The van der Waals surface area contributed by atoms with E-state index in [0.717, 1.165) is 17.0 Å². The van der Waals surface area contributed by atoms with Crippen LogP contribution in [0.3, 0.4) is 0 Å².